The third kappa shape index (κ3) is 3.40. The Morgan fingerprint density at radius 1 is 0.760 bits per heavy atom. The number of ether oxygens (including phenoxy) is 4. The number of hydrogen-bond donors (Lipinski definition) is 0. The topological polar surface area (TPSA) is 75.4 Å². The van der Waals surface area contributed by atoms with Crippen LogP contribution >= 0.6 is 0 Å². The van der Waals surface area contributed by atoms with E-state index >= 15 is 0 Å². The van der Waals surface area contributed by atoms with E-state index in [1.165, 1.54) is 0 Å². The van der Waals surface area contributed by atoms with E-state index in [0.717, 1.165) is 5.56 Å². The molecule has 2 heterocycles. The highest BCUT2D eigenvalue weighted by Crippen LogP contribution is 2.34. The van der Waals surface area contributed by atoms with Gasteiger partial charge in [0.1, 0.15) is 5.69 Å². The maximum Gasteiger partial charge on any atom is 0.253 e. The van der Waals surface area contributed by atoms with Crippen molar-refractivity contribution < 1.29 is 23.8 Å². The van der Waals surface area contributed by atoms with Crippen molar-refractivity contribution in [2.45, 2.75) is 12.6 Å². The van der Waals surface area contributed by atoms with Gasteiger partial charge in [0.2, 0.25) is 0 Å². The SMILES string of the molecule is [O-][N+](=Nc1ccccc1C1OCCO1)c1ccccc1C1OCCO1. The smallest absolute Gasteiger partial charge is 0.253 e. The first-order valence-electron chi connectivity index (χ1n) is 8.16. The lowest BCUT2D eigenvalue weighted by atomic mass is 10.1. The van der Waals surface area contributed by atoms with Gasteiger partial charge in [0, 0.05) is 16.7 Å². The molecular formula is C18H18N2O5. The second kappa shape index (κ2) is 7.28. The Morgan fingerprint density at radius 2 is 1.28 bits per heavy atom. The molecule has 7 nitrogen and oxygen atoms in total. The van der Waals surface area contributed by atoms with Crippen LogP contribution in [0, 0.1) is 5.21 Å². The van der Waals surface area contributed by atoms with Gasteiger partial charge in [-0.2, -0.15) is 0 Å². The van der Waals surface area contributed by atoms with Gasteiger partial charge in [0.25, 0.3) is 5.69 Å². The van der Waals surface area contributed by atoms with E-state index in [0.29, 0.717) is 48.2 Å². The molecule has 2 aliphatic heterocycles. The predicted molar refractivity (Wildman–Crippen MR) is 87.5 cm³/mol. The van der Waals surface area contributed by atoms with E-state index in [-0.39, 0.29) is 0 Å². The first kappa shape index (κ1) is 16.2. The second-order valence-corrected chi connectivity index (χ2v) is 5.64. The van der Waals surface area contributed by atoms with Gasteiger partial charge in [-0.1, -0.05) is 30.3 Å². The summed E-state index contributed by atoms with van der Waals surface area (Å²) in [5.74, 6) is 0. The lowest BCUT2D eigenvalue weighted by molar-refractivity contribution is -0.437. The summed E-state index contributed by atoms with van der Waals surface area (Å²) in [6.45, 7) is 2.07. The molecule has 0 spiro atoms. The number of benzene rings is 2. The molecule has 130 valence electrons. The fourth-order valence-electron chi connectivity index (χ4n) is 2.87. The zero-order chi connectivity index (χ0) is 17.1. The lowest BCUT2D eigenvalue weighted by Crippen LogP contribution is -2.04. The molecule has 25 heavy (non-hydrogen) atoms. The maximum atomic E-state index is 12.7. The number of hydrogen-bond acceptors (Lipinski definition) is 6. The molecule has 0 amide bonds. The Labute approximate surface area is 145 Å². The third-order valence-electron chi connectivity index (χ3n) is 4.03. The molecule has 7 heteroatoms. The molecule has 0 atom stereocenters. The summed E-state index contributed by atoms with van der Waals surface area (Å²) in [5, 5.41) is 16.9. The zero-order valence-corrected chi connectivity index (χ0v) is 13.5. The average Bonchev–Trinajstić information content (AvgIpc) is 3.36. The summed E-state index contributed by atoms with van der Waals surface area (Å²) in [6, 6.07) is 14.4. The Bertz CT molecular complexity index is 768. The Kier molecular flexibility index (Phi) is 4.71. The van der Waals surface area contributed by atoms with Crippen molar-refractivity contribution in [3.8, 4) is 0 Å². The van der Waals surface area contributed by atoms with Crippen LogP contribution < -0.4 is 0 Å². The largest absolute Gasteiger partial charge is 0.594 e. The highest BCUT2D eigenvalue weighted by Gasteiger charge is 2.26. The quantitative estimate of drug-likeness (QED) is 0.481. The molecule has 0 radical (unpaired) electrons. The standard InChI is InChI=1S/C18H18N2O5/c21-20(16-8-4-2-6-14(16)18-24-11-12-25-18)19-15-7-3-1-5-13(15)17-22-9-10-23-17/h1-8,17-18H,9-12H2. The molecule has 0 unspecified atom stereocenters. The number of azo groups is 1. The van der Waals surface area contributed by atoms with E-state index in [1.54, 1.807) is 24.3 Å². The summed E-state index contributed by atoms with van der Waals surface area (Å²) in [4.78, 5) is 0.591. The van der Waals surface area contributed by atoms with Crippen molar-refractivity contribution in [2.75, 3.05) is 26.4 Å². The molecule has 0 aromatic heterocycles. The van der Waals surface area contributed by atoms with Crippen molar-refractivity contribution in [1.29, 1.82) is 0 Å². The summed E-state index contributed by atoms with van der Waals surface area (Å²) in [5.41, 5.74) is 2.28. The van der Waals surface area contributed by atoms with E-state index in [4.69, 9.17) is 18.9 Å². The van der Waals surface area contributed by atoms with Gasteiger partial charge >= 0.3 is 0 Å². The van der Waals surface area contributed by atoms with Gasteiger partial charge in [-0.25, -0.2) is 0 Å². The second-order valence-electron chi connectivity index (χ2n) is 5.64. The Hall–Kier alpha value is -2.32. The normalized spacial score (nSPS) is 19.6. The molecular weight excluding hydrogens is 324 g/mol. The first-order chi connectivity index (χ1) is 12.3. The van der Waals surface area contributed by atoms with E-state index in [9.17, 15) is 5.21 Å². The highest BCUT2D eigenvalue weighted by atomic mass is 16.7. The summed E-state index contributed by atoms with van der Waals surface area (Å²) in [7, 11) is 0. The van der Waals surface area contributed by atoms with Crippen LogP contribution in [0.25, 0.3) is 0 Å². The van der Waals surface area contributed by atoms with Crippen LogP contribution in [0.2, 0.25) is 0 Å². The van der Waals surface area contributed by atoms with Crippen LogP contribution in [0.3, 0.4) is 0 Å². The van der Waals surface area contributed by atoms with Crippen LogP contribution in [0.4, 0.5) is 11.4 Å². The molecule has 0 aliphatic carbocycles. The molecule has 0 N–H and O–H groups in total. The van der Waals surface area contributed by atoms with Gasteiger partial charge < -0.3 is 24.2 Å². The van der Waals surface area contributed by atoms with Gasteiger partial charge in [-0.3, -0.25) is 0 Å². The number of para-hydroxylation sites is 1. The van der Waals surface area contributed by atoms with Gasteiger partial charge in [-0.15, -0.1) is 0 Å². The minimum Gasteiger partial charge on any atom is -0.594 e. The van der Waals surface area contributed by atoms with Crippen LogP contribution in [0.15, 0.2) is 53.6 Å². The van der Waals surface area contributed by atoms with Crippen molar-refractivity contribution in [2.24, 2.45) is 5.11 Å². The van der Waals surface area contributed by atoms with Crippen LogP contribution in [-0.4, -0.2) is 31.3 Å². The van der Waals surface area contributed by atoms with E-state index in [2.05, 4.69) is 5.11 Å². The van der Waals surface area contributed by atoms with Gasteiger partial charge in [0.15, 0.2) is 12.6 Å². The Morgan fingerprint density at radius 3 is 1.96 bits per heavy atom. The fraction of sp³-hybridized carbons (Fsp3) is 0.333. The summed E-state index contributed by atoms with van der Waals surface area (Å²) >= 11 is 0. The molecule has 0 saturated carbocycles. The third-order valence-corrected chi connectivity index (χ3v) is 4.03. The lowest BCUT2D eigenvalue weighted by Gasteiger charge is -2.13. The minimum absolute atomic E-state index is 0.387. The average molecular weight is 342 g/mol. The maximum absolute atomic E-state index is 12.7. The van der Waals surface area contributed by atoms with Crippen LogP contribution in [0.1, 0.15) is 23.7 Å². The first-order valence-corrected chi connectivity index (χ1v) is 8.16. The monoisotopic (exact) mass is 342 g/mol. The molecule has 2 saturated heterocycles. The minimum atomic E-state index is -0.542. The zero-order valence-electron chi connectivity index (χ0n) is 13.5. The molecule has 2 fully saturated rings. The van der Waals surface area contributed by atoms with Crippen LogP contribution in [0.5, 0.6) is 0 Å². The van der Waals surface area contributed by atoms with Gasteiger partial charge in [0.05, 0.1) is 32.0 Å². The van der Waals surface area contributed by atoms with Crippen molar-refractivity contribution in [1.82, 2.24) is 0 Å². The van der Waals surface area contributed by atoms with Crippen molar-refractivity contribution >= 4 is 11.4 Å². The predicted octanol–water partition coefficient (Wildman–Crippen LogP) is 3.70. The number of nitrogens with zero attached hydrogens (tertiary/aromatic N) is 2. The molecule has 2 aliphatic rings. The van der Waals surface area contributed by atoms with Crippen molar-refractivity contribution in [3.05, 3.63) is 64.9 Å². The van der Waals surface area contributed by atoms with Gasteiger partial charge in [-0.05, 0) is 17.0 Å². The fourth-order valence-corrected chi connectivity index (χ4v) is 2.87. The summed E-state index contributed by atoms with van der Waals surface area (Å²) < 4.78 is 22.1. The summed E-state index contributed by atoms with van der Waals surface area (Å²) in [6.07, 6.45) is -1.04. The van der Waals surface area contributed by atoms with E-state index < -0.39 is 12.6 Å². The molecule has 2 aromatic carbocycles. The molecule has 2 aromatic rings. The van der Waals surface area contributed by atoms with Crippen LogP contribution in [-0.2, 0) is 18.9 Å². The van der Waals surface area contributed by atoms with Crippen molar-refractivity contribution in [3.63, 3.8) is 0 Å². The highest BCUT2D eigenvalue weighted by molar-refractivity contribution is 5.46. The van der Waals surface area contributed by atoms with E-state index in [1.807, 2.05) is 24.3 Å². The Balaban J connectivity index is 1.69. The number of rotatable bonds is 4. The molecule has 0 bridgehead atoms. The molecule has 4 rings (SSSR count).